The molecule has 2 unspecified atom stereocenters. The minimum atomic E-state index is -0.513. The van der Waals surface area contributed by atoms with E-state index in [0.717, 1.165) is 42.7 Å². The zero-order valence-corrected chi connectivity index (χ0v) is 21.0. The molecule has 1 aromatic carbocycles. The van der Waals surface area contributed by atoms with Crippen LogP contribution in [0.4, 0.5) is 4.79 Å². The first-order valence-electron chi connectivity index (χ1n) is 12.4. The highest BCUT2D eigenvalue weighted by Gasteiger charge is 2.71. The Morgan fingerprint density at radius 2 is 2.06 bits per heavy atom. The number of nitrogens with one attached hydrogen (secondary N) is 1. The van der Waals surface area contributed by atoms with Gasteiger partial charge in [0.25, 0.3) is 0 Å². The zero-order chi connectivity index (χ0) is 25.3. The number of pyridine rings is 1. The first-order valence-corrected chi connectivity index (χ1v) is 12.4. The molecule has 9 heteroatoms. The lowest BCUT2D eigenvalue weighted by molar-refractivity contribution is 0.129. The van der Waals surface area contributed by atoms with Gasteiger partial charge in [0.05, 0.1) is 11.4 Å². The molecular formula is C27H33N5O4. The number of carbonyl (C=O) groups is 1. The fourth-order valence-electron chi connectivity index (χ4n) is 5.77. The summed E-state index contributed by atoms with van der Waals surface area (Å²) in [6.45, 7) is 4.84. The molecule has 190 valence electrons. The second kappa shape index (κ2) is 9.54. The van der Waals surface area contributed by atoms with Crippen molar-refractivity contribution in [1.29, 1.82) is 0 Å². The summed E-state index contributed by atoms with van der Waals surface area (Å²) in [5.74, 6) is 0.763. The van der Waals surface area contributed by atoms with E-state index in [4.69, 9.17) is 14.5 Å². The van der Waals surface area contributed by atoms with Gasteiger partial charge in [-0.25, -0.2) is 14.5 Å². The van der Waals surface area contributed by atoms with Gasteiger partial charge in [0.15, 0.2) is 0 Å². The molecule has 2 aliphatic rings. The summed E-state index contributed by atoms with van der Waals surface area (Å²) in [5, 5.41) is 20.6. The average Bonchev–Trinajstić information content (AvgIpc) is 3.14. The molecule has 0 spiro atoms. The molecule has 2 saturated carbocycles. The lowest BCUT2D eigenvalue weighted by Crippen LogP contribution is -2.25. The molecule has 0 bridgehead atoms. The molecule has 2 N–H and O–H groups in total. The van der Waals surface area contributed by atoms with Crippen molar-refractivity contribution in [3.8, 4) is 17.1 Å². The number of ether oxygens (including phenoxy) is 2. The van der Waals surface area contributed by atoms with Crippen LogP contribution in [0.1, 0.15) is 49.6 Å². The number of amides is 1. The van der Waals surface area contributed by atoms with E-state index in [2.05, 4.69) is 22.6 Å². The van der Waals surface area contributed by atoms with E-state index in [0.29, 0.717) is 23.6 Å². The van der Waals surface area contributed by atoms with E-state index in [1.807, 2.05) is 49.4 Å². The molecule has 0 radical (unpaired) electrons. The van der Waals surface area contributed by atoms with Gasteiger partial charge in [0.1, 0.15) is 29.8 Å². The molecule has 2 heterocycles. The predicted molar refractivity (Wildman–Crippen MR) is 133 cm³/mol. The van der Waals surface area contributed by atoms with Gasteiger partial charge in [0, 0.05) is 25.6 Å². The minimum Gasteiger partial charge on any atom is -0.488 e. The highest BCUT2D eigenvalue weighted by atomic mass is 16.5. The molecule has 36 heavy (non-hydrogen) atoms. The van der Waals surface area contributed by atoms with Crippen LogP contribution in [0.15, 0.2) is 42.5 Å². The van der Waals surface area contributed by atoms with E-state index in [-0.39, 0.29) is 30.1 Å². The fourth-order valence-corrected chi connectivity index (χ4v) is 5.77. The summed E-state index contributed by atoms with van der Waals surface area (Å²) in [4.78, 5) is 17.0. The van der Waals surface area contributed by atoms with E-state index in [1.54, 1.807) is 11.7 Å². The summed E-state index contributed by atoms with van der Waals surface area (Å²) in [6.07, 6.45) is 3.67. The van der Waals surface area contributed by atoms with Crippen molar-refractivity contribution >= 4 is 6.09 Å². The molecule has 1 amide bonds. The Labute approximate surface area is 210 Å². The highest BCUT2D eigenvalue weighted by Crippen LogP contribution is 2.75. The molecule has 3 atom stereocenters. The minimum absolute atomic E-state index is 0.0196. The van der Waals surface area contributed by atoms with Gasteiger partial charge in [-0.2, -0.15) is 0 Å². The first kappa shape index (κ1) is 24.2. The Kier molecular flexibility index (Phi) is 6.42. The van der Waals surface area contributed by atoms with Crippen molar-refractivity contribution in [2.45, 2.75) is 58.8 Å². The Morgan fingerprint density at radius 3 is 2.78 bits per heavy atom. The monoisotopic (exact) mass is 491 g/mol. The number of aliphatic hydroxyl groups excluding tert-OH is 1. The van der Waals surface area contributed by atoms with Crippen LogP contribution in [-0.4, -0.2) is 43.9 Å². The van der Waals surface area contributed by atoms with Gasteiger partial charge < -0.3 is 19.9 Å². The van der Waals surface area contributed by atoms with Crippen LogP contribution >= 0.6 is 0 Å². The topological polar surface area (TPSA) is 111 Å². The first-order chi connectivity index (χ1) is 17.3. The van der Waals surface area contributed by atoms with Crippen molar-refractivity contribution in [3.63, 3.8) is 0 Å². The van der Waals surface area contributed by atoms with Gasteiger partial charge in [-0.05, 0) is 55.7 Å². The summed E-state index contributed by atoms with van der Waals surface area (Å²) in [7, 11) is 1.76. The van der Waals surface area contributed by atoms with Gasteiger partial charge >= 0.3 is 6.09 Å². The van der Waals surface area contributed by atoms with Gasteiger partial charge in [-0.3, -0.25) is 0 Å². The quantitative estimate of drug-likeness (QED) is 0.466. The third-order valence-electron chi connectivity index (χ3n) is 8.09. The van der Waals surface area contributed by atoms with Crippen molar-refractivity contribution in [2.75, 3.05) is 6.61 Å². The number of rotatable bonds is 9. The maximum absolute atomic E-state index is 12.2. The number of aryl methyl sites for hydroxylation is 2. The van der Waals surface area contributed by atoms with Gasteiger partial charge in [-0.1, -0.05) is 42.5 Å². The normalized spacial score (nSPS) is 24.3. The molecule has 0 saturated heterocycles. The third kappa shape index (κ3) is 4.43. The molecule has 2 fully saturated rings. The second-order valence-corrected chi connectivity index (χ2v) is 10.2. The summed E-state index contributed by atoms with van der Waals surface area (Å²) < 4.78 is 13.5. The maximum atomic E-state index is 12.2. The number of carbonyl (C=O) groups excluding carboxylic acids is 1. The number of benzene rings is 1. The maximum Gasteiger partial charge on any atom is 0.407 e. The Morgan fingerprint density at radius 1 is 1.25 bits per heavy atom. The Bertz CT molecular complexity index is 1240. The number of alkyl carbamates (subject to hydrolysis) is 1. The largest absolute Gasteiger partial charge is 0.488 e. The van der Waals surface area contributed by atoms with Crippen molar-refractivity contribution < 1.29 is 19.4 Å². The van der Waals surface area contributed by atoms with Crippen molar-refractivity contribution in [1.82, 2.24) is 25.3 Å². The SMILES string of the molecule is Cc1nc(-c2nnn(C)c2COC(=O)NCc2ccccc2)ccc1O[C@@H]1CCC2(CCO)CC12C. The zero-order valence-electron chi connectivity index (χ0n) is 21.0. The highest BCUT2D eigenvalue weighted by molar-refractivity contribution is 5.67. The standard InChI is InChI=1S/C27H33N5O4/c1-18-22(36-23-11-12-27(13-14-33)17-26(23,27)2)10-9-20(29-18)24-21(32(3)31-30-24)16-35-25(34)28-15-19-7-5-4-6-8-19/h4-10,23,33H,11-17H2,1-3H3,(H,28,34)/t23-,26?,27?/m1/s1. The molecular weight excluding hydrogens is 458 g/mol. The predicted octanol–water partition coefficient (Wildman–Crippen LogP) is 3.93. The second-order valence-electron chi connectivity index (χ2n) is 10.2. The summed E-state index contributed by atoms with van der Waals surface area (Å²) in [6, 6.07) is 13.5. The molecule has 5 rings (SSSR count). The van der Waals surface area contributed by atoms with Crippen LogP contribution in [0.5, 0.6) is 5.75 Å². The lowest BCUT2D eigenvalue weighted by atomic mass is 9.94. The molecule has 0 aliphatic heterocycles. The number of hydrogen-bond acceptors (Lipinski definition) is 7. The number of aliphatic hydroxyl groups is 1. The summed E-state index contributed by atoms with van der Waals surface area (Å²) >= 11 is 0. The number of aromatic nitrogens is 4. The van der Waals surface area contributed by atoms with Crippen LogP contribution in [0.3, 0.4) is 0 Å². The number of hydrogen-bond donors (Lipinski definition) is 2. The smallest absolute Gasteiger partial charge is 0.407 e. The molecule has 3 aromatic rings. The fraction of sp³-hybridized carbons (Fsp3) is 0.481. The van der Waals surface area contributed by atoms with Crippen LogP contribution in [0.25, 0.3) is 11.4 Å². The average molecular weight is 492 g/mol. The van der Waals surface area contributed by atoms with E-state index in [9.17, 15) is 9.90 Å². The van der Waals surface area contributed by atoms with Crippen LogP contribution in [-0.2, 0) is 24.9 Å². The molecule has 2 aliphatic carbocycles. The van der Waals surface area contributed by atoms with Crippen LogP contribution in [0, 0.1) is 17.8 Å². The summed E-state index contributed by atoms with van der Waals surface area (Å²) in [5.41, 5.74) is 3.99. The molecule has 2 aromatic heterocycles. The third-order valence-corrected chi connectivity index (χ3v) is 8.09. The number of nitrogens with zero attached hydrogens (tertiary/aromatic N) is 4. The Hall–Kier alpha value is -3.46. The molecule has 9 nitrogen and oxygen atoms in total. The van der Waals surface area contributed by atoms with E-state index < -0.39 is 6.09 Å². The Balaban J connectivity index is 1.23. The lowest BCUT2D eigenvalue weighted by Gasteiger charge is -2.23. The van der Waals surface area contributed by atoms with E-state index >= 15 is 0 Å². The number of fused-ring (bicyclic) bond motifs is 1. The van der Waals surface area contributed by atoms with E-state index in [1.165, 1.54) is 0 Å². The van der Waals surface area contributed by atoms with Crippen LogP contribution in [0.2, 0.25) is 0 Å². The van der Waals surface area contributed by atoms with Gasteiger partial charge in [0.2, 0.25) is 0 Å². The van der Waals surface area contributed by atoms with Gasteiger partial charge in [-0.15, -0.1) is 5.10 Å². The van der Waals surface area contributed by atoms with Crippen molar-refractivity contribution in [2.24, 2.45) is 17.9 Å². The van der Waals surface area contributed by atoms with Crippen molar-refractivity contribution in [3.05, 3.63) is 59.4 Å². The van der Waals surface area contributed by atoms with Crippen LogP contribution < -0.4 is 10.1 Å².